The Morgan fingerprint density at radius 1 is 1.13 bits per heavy atom. The quantitative estimate of drug-likeness (QED) is 0.506. The highest BCUT2D eigenvalue weighted by Gasteiger charge is 2.16. The third-order valence-electron chi connectivity index (χ3n) is 5.15. The second-order valence-electron chi connectivity index (χ2n) is 7.30. The van der Waals surface area contributed by atoms with Gasteiger partial charge < -0.3 is 5.11 Å². The molecule has 4 aromatic rings. The van der Waals surface area contributed by atoms with E-state index in [4.69, 9.17) is 11.4 Å². The van der Waals surface area contributed by atoms with Gasteiger partial charge in [0.25, 0.3) is 0 Å². The number of nitrogens with zero attached hydrogens (tertiary/aromatic N) is 3. The van der Waals surface area contributed by atoms with E-state index in [2.05, 4.69) is 11.0 Å². The number of hydrogen-bond acceptors (Lipinski definition) is 3. The highest BCUT2D eigenvalue weighted by Crippen LogP contribution is 2.26. The average molecular weight is 395 g/mol. The largest absolute Gasteiger partial charge is 0.478 e. The molecule has 0 aliphatic rings. The number of aromatic nitrogens is 3. The maximum Gasteiger partial charge on any atom is 0.336 e. The van der Waals surface area contributed by atoms with E-state index in [-0.39, 0.29) is 0 Å². The molecular formula is C25H21N3O2. The highest BCUT2D eigenvalue weighted by molar-refractivity contribution is 5.96. The zero-order valence-electron chi connectivity index (χ0n) is 16.9. The third kappa shape index (κ3) is 3.56. The summed E-state index contributed by atoms with van der Waals surface area (Å²) < 4.78 is 1.85. The molecule has 0 saturated heterocycles. The number of benzene rings is 2. The Morgan fingerprint density at radius 2 is 1.87 bits per heavy atom. The van der Waals surface area contributed by atoms with Crippen molar-refractivity contribution in [1.82, 2.24) is 14.6 Å². The summed E-state index contributed by atoms with van der Waals surface area (Å²) in [7, 11) is 0. The van der Waals surface area contributed by atoms with E-state index in [0.717, 1.165) is 39.4 Å². The Hall–Kier alpha value is -3.91. The molecule has 0 saturated carbocycles. The summed E-state index contributed by atoms with van der Waals surface area (Å²) in [6.45, 7) is 3.98. The third-order valence-corrected chi connectivity index (χ3v) is 5.15. The van der Waals surface area contributed by atoms with Crippen LogP contribution in [-0.4, -0.2) is 25.7 Å². The summed E-state index contributed by atoms with van der Waals surface area (Å²) in [5.74, 6) is 1.76. The number of aromatic carboxylic acids is 1. The molecule has 1 N–H and O–H groups in total. The molecule has 5 nitrogen and oxygen atoms in total. The van der Waals surface area contributed by atoms with Crippen LogP contribution >= 0.6 is 0 Å². The van der Waals surface area contributed by atoms with Gasteiger partial charge in [-0.3, -0.25) is 0 Å². The lowest BCUT2D eigenvalue weighted by molar-refractivity contribution is 0.0697. The van der Waals surface area contributed by atoms with Gasteiger partial charge in [-0.2, -0.15) is 5.10 Å². The first-order valence-electron chi connectivity index (χ1n) is 9.67. The van der Waals surface area contributed by atoms with Crippen LogP contribution in [0.2, 0.25) is 0 Å². The van der Waals surface area contributed by atoms with Gasteiger partial charge in [0.15, 0.2) is 5.65 Å². The Kier molecular flexibility index (Phi) is 5.07. The summed E-state index contributed by atoms with van der Waals surface area (Å²) in [6, 6.07) is 16.9. The van der Waals surface area contributed by atoms with Crippen LogP contribution in [0.1, 0.15) is 38.6 Å². The Morgan fingerprint density at radius 3 is 2.57 bits per heavy atom. The van der Waals surface area contributed by atoms with E-state index < -0.39 is 5.97 Å². The lowest BCUT2D eigenvalue weighted by Crippen LogP contribution is -1.99. The lowest BCUT2D eigenvalue weighted by atomic mass is 9.97. The van der Waals surface area contributed by atoms with Crippen LogP contribution in [0.4, 0.5) is 0 Å². The van der Waals surface area contributed by atoms with E-state index in [1.165, 1.54) is 0 Å². The van der Waals surface area contributed by atoms with Gasteiger partial charge >= 0.3 is 5.97 Å². The van der Waals surface area contributed by atoms with Gasteiger partial charge in [-0.15, -0.1) is 12.3 Å². The van der Waals surface area contributed by atoms with Crippen molar-refractivity contribution in [3.63, 3.8) is 0 Å². The van der Waals surface area contributed by atoms with Crippen molar-refractivity contribution < 1.29 is 9.90 Å². The van der Waals surface area contributed by atoms with Crippen molar-refractivity contribution in [3.8, 4) is 23.5 Å². The molecule has 0 bridgehead atoms. The molecular weight excluding hydrogens is 374 g/mol. The van der Waals surface area contributed by atoms with Crippen molar-refractivity contribution in [2.24, 2.45) is 0 Å². The van der Waals surface area contributed by atoms with Crippen molar-refractivity contribution in [2.75, 3.05) is 0 Å². The number of carboxylic acids is 1. The number of terminal acetylenes is 1. The van der Waals surface area contributed by atoms with Crippen LogP contribution < -0.4 is 0 Å². The summed E-state index contributed by atoms with van der Waals surface area (Å²) in [5, 5.41) is 14.1. The molecule has 0 radical (unpaired) electrons. The lowest BCUT2D eigenvalue weighted by Gasteiger charge is -2.08. The van der Waals surface area contributed by atoms with Crippen LogP contribution in [0, 0.1) is 26.2 Å². The Balaban J connectivity index is 1.73. The highest BCUT2D eigenvalue weighted by atomic mass is 16.4. The van der Waals surface area contributed by atoms with Gasteiger partial charge in [0.2, 0.25) is 0 Å². The first kappa shape index (κ1) is 19.4. The van der Waals surface area contributed by atoms with Crippen LogP contribution in [0.3, 0.4) is 0 Å². The van der Waals surface area contributed by atoms with Crippen LogP contribution in [0.25, 0.3) is 16.8 Å². The molecule has 0 fully saturated rings. The van der Waals surface area contributed by atoms with E-state index in [0.29, 0.717) is 24.0 Å². The zero-order valence-corrected chi connectivity index (χ0v) is 16.9. The second-order valence-corrected chi connectivity index (χ2v) is 7.30. The van der Waals surface area contributed by atoms with E-state index in [1.54, 1.807) is 12.1 Å². The summed E-state index contributed by atoms with van der Waals surface area (Å²) in [4.78, 5) is 16.2. The maximum atomic E-state index is 11.5. The Labute approximate surface area is 175 Å². The summed E-state index contributed by atoms with van der Waals surface area (Å²) in [6.07, 6.45) is 6.66. The molecule has 30 heavy (non-hydrogen) atoms. The monoisotopic (exact) mass is 395 g/mol. The molecule has 0 aliphatic heterocycles. The van der Waals surface area contributed by atoms with Gasteiger partial charge in [-0.25, -0.2) is 14.3 Å². The molecule has 5 heteroatoms. The number of fused-ring (bicyclic) bond motifs is 1. The van der Waals surface area contributed by atoms with Crippen molar-refractivity contribution in [1.29, 1.82) is 0 Å². The second kappa shape index (κ2) is 7.84. The summed E-state index contributed by atoms with van der Waals surface area (Å²) in [5.41, 5.74) is 7.62. The predicted octanol–water partition coefficient (Wildman–Crippen LogP) is 4.48. The molecule has 0 amide bonds. The minimum atomic E-state index is -0.934. The zero-order chi connectivity index (χ0) is 21.3. The van der Waals surface area contributed by atoms with E-state index in [9.17, 15) is 9.90 Å². The normalized spacial score (nSPS) is 10.8. The van der Waals surface area contributed by atoms with Crippen LogP contribution in [0.15, 0.2) is 54.6 Å². The molecule has 0 atom stereocenters. The number of carbonyl (C=O) groups is 1. The molecule has 0 unspecified atom stereocenters. The molecule has 0 spiro atoms. The van der Waals surface area contributed by atoms with Crippen molar-refractivity contribution >= 4 is 11.6 Å². The van der Waals surface area contributed by atoms with E-state index >= 15 is 0 Å². The fourth-order valence-corrected chi connectivity index (χ4v) is 3.76. The maximum absolute atomic E-state index is 11.5. The van der Waals surface area contributed by atoms with Crippen molar-refractivity contribution in [2.45, 2.75) is 26.7 Å². The van der Waals surface area contributed by atoms with Gasteiger partial charge in [0, 0.05) is 23.4 Å². The molecule has 0 aliphatic carbocycles. The molecule has 2 aromatic carbocycles. The fraction of sp³-hybridized carbons (Fsp3) is 0.160. The predicted molar refractivity (Wildman–Crippen MR) is 117 cm³/mol. The van der Waals surface area contributed by atoms with Crippen LogP contribution in [0.5, 0.6) is 0 Å². The van der Waals surface area contributed by atoms with Gasteiger partial charge in [-0.1, -0.05) is 42.5 Å². The molecule has 2 aromatic heterocycles. The first-order chi connectivity index (χ1) is 14.5. The fourth-order valence-electron chi connectivity index (χ4n) is 3.76. The SMILES string of the molecule is C#CCc1nn2c(C)cc(C)nc2c1Cc1ccc(-c2ccccc2C(=O)O)cc1. The molecule has 148 valence electrons. The number of carboxylic acid groups (broad SMARTS) is 1. The average Bonchev–Trinajstić information content (AvgIpc) is 3.06. The minimum Gasteiger partial charge on any atom is -0.478 e. The van der Waals surface area contributed by atoms with Gasteiger partial charge in [-0.05, 0) is 42.7 Å². The van der Waals surface area contributed by atoms with Gasteiger partial charge in [0.1, 0.15) is 0 Å². The van der Waals surface area contributed by atoms with E-state index in [1.807, 2.05) is 60.8 Å². The molecule has 4 rings (SSSR count). The molecule has 2 heterocycles. The summed E-state index contributed by atoms with van der Waals surface area (Å²) >= 11 is 0. The number of aryl methyl sites for hydroxylation is 2. The number of rotatable bonds is 5. The standard InChI is InChI=1S/C25H21N3O2/c1-4-7-23-22(24-26-16(2)14-17(3)28(24)27-23)15-18-10-12-19(13-11-18)20-8-5-6-9-21(20)25(29)30/h1,5-6,8-14H,7,15H2,2-3H3,(H,29,30). The smallest absolute Gasteiger partial charge is 0.336 e. The number of hydrogen-bond donors (Lipinski definition) is 1. The van der Waals surface area contributed by atoms with Crippen LogP contribution in [-0.2, 0) is 12.8 Å². The van der Waals surface area contributed by atoms with Gasteiger partial charge in [0.05, 0.1) is 17.7 Å². The topological polar surface area (TPSA) is 67.5 Å². The first-order valence-corrected chi connectivity index (χ1v) is 9.67. The minimum absolute atomic E-state index is 0.291. The Bertz CT molecular complexity index is 1290. The van der Waals surface area contributed by atoms with Crippen molar-refractivity contribution in [3.05, 3.63) is 88.4 Å².